The van der Waals surface area contributed by atoms with E-state index in [1.807, 2.05) is 44.2 Å². The van der Waals surface area contributed by atoms with Gasteiger partial charge in [-0.1, -0.05) is 44.2 Å². The lowest BCUT2D eigenvalue weighted by Gasteiger charge is -2.14. The van der Waals surface area contributed by atoms with Crippen molar-refractivity contribution in [2.75, 3.05) is 4.72 Å². The quantitative estimate of drug-likeness (QED) is 0.919. The second-order valence-electron chi connectivity index (χ2n) is 5.60. The summed E-state index contributed by atoms with van der Waals surface area (Å²) >= 11 is 0. The molecule has 0 unspecified atom stereocenters. The number of sulfonamides is 1. The zero-order chi connectivity index (χ0) is 15.6. The van der Waals surface area contributed by atoms with Gasteiger partial charge in [-0.05, 0) is 48.6 Å². The van der Waals surface area contributed by atoms with Gasteiger partial charge in [-0.3, -0.25) is 4.72 Å². The summed E-state index contributed by atoms with van der Waals surface area (Å²) in [4.78, 5) is 0.287. The fraction of sp³-hybridized carbons (Fsp3) is 0.294. The number of anilines is 1. The second-order valence-corrected chi connectivity index (χ2v) is 7.28. The lowest BCUT2D eigenvalue weighted by atomic mass is 10.0. The maximum absolute atomic E-state index is 12.5. The number of benzene rings is 2. The first-order valence-corrected chi connectivity index (χ1v) is 8.48. The maximum Gasteiger partial charge on any atom is 0.261 e. The molecule has 4 heteroatoms. The van der Waals surface area contributed by atoms with Gasteiger partial charge in [0, 0.05) is 0 Å². The summed E-state index contributed by atoms with van der Waals surface area (Å²) in [5.74, 6) is 0.383. The topological polar surface area (TPSA) is 46.2 Å². The fourth-order valence-electron chi connectivity index (χ4n) is 2.20. The predicted molar refractivity (Wildman–Crippen MR) is 87.3 cm³/mol. The van der Waals surface area contributed by atoms with E-state index in [4.69, 9.17) is 0 Å². The third-order valence-electron chi connectivity index (χ3n) is 3.57. The molecule has 2 rings (SSSR count). The van der Waals surface area contributed by atoms with Gasteiger partial charge < -0.3 is 0 Å². The molecule has 0 amide bonds. The Balaban J connectivity index is 2.34. The average Bonchev–Trinajstić information content (AvgIpc) is 2.43. The fourth-order valence-corrected chi connectivity index (χ4v) is 3.40. The van der Waals surface area contributed by atoms with Crippen molar-refractivity contribution in [3.63, 3.8) is 0 Å². The monoisotopic (exact) mass is 303 g/mol. The van der Waals surface area contributed by atoms with Gasteiger partial charge in [0.25, 0.3) is 10.0 Å². The van der Waals surface area contributed by atoms with Gasteiger partial charge in [-0.2, -0.15) is 0 Å². The van der Waals surface area contributed by atoms with Gasteiger partial charge in [-0.25, -0.2) is 8.42 Å². The van der Waals surface area contributed by atoms with Crippen molar-refractivity contribution >= 4 is 15.7 Å². The summed E-state index contributed by atoms with van der Waals surface area (Å²) in [5, 5.41) is 0. The average molecular weight is 303 g/mol. The first-order valence-electron chi connectivity index (χ1n) is 7.00. The highest BCUT2D eigenvalue weighted by Crippen LogP contribution is 2.24. The molecule has 0 aromatic heterocycles. The highest BCUT2D eigenvalue weighted by molar-refractivity contribution is 7.92. The van der Waals surface area contributed by atoms with Crippen LogP contribution in [0.25, 0.3) is 0 Å². The van der Waals surface area contributed by atoms with Crippen molar-refractivity contribution < 1.29 is 8.42 Å². The molecule has 21 heavy (non-hydrogen) atoms. The Morgan fingerprint density at radius 3 is 1.90 bits per heavy atom. The van der Waals surface area contributed by atoms with Gasteiger partial charge >= 0.3 is 0 Å². The molecule has 0 spiro atoms. The molecule has 0 aliphatic rings. The molecule has 0 aliphatic heterocycles. The first-order chi connectivity index (χ1) is 9.81. The van der Waals surface area contributed by atoms with Crippen LogP contribution in [0.3, 0.4) is 0 Å². The van der Waals surface area contributed by atoms with E-state index in [-0.39, 0.29) is 4.90 Å². The van der Waals surface area contributed by atoms with E-state index in [1.54, 1.807) is 12.1 Å². The van der Waals surface area contributed by atoms with Gasteiger partial charge in [-0.15, -0.1) is 0 Å². The molecule has 0 atom stereocenters. The van der Waals surface area contributed by atoms with Crippen LogP contribution in [-0.2, 0) is 10.0 Å². The van der Waals surface area contributed by atoms with E-state index >= 15 is 0 Å². The van der Waals surface area contributed by atoms with E-state index in [0.29, 0.717) is 11.6 Å². The normalized spacial score (nSPS) is 11.7. The van der Waals surface area contributed by atoms with E-state index in [0.717, 1.165) is 16.7 Å². The molecule has 2 aromatic carbocycles. The Kier molecular flexibility index (Phi) is 4.37. The molecule has 0 heterocycles. The largest absolute Gasteiger partial charge is 0.279 e. The molecular weight excluding hydrogens is 282 g/mol. The van der Waals surface area contributed by atoms with Crippen molar-refractivity contribution in [1.29, 1.82) is 0 Å². The van der Waals surface area contributed by atoms with E-state index < -0.39 is 10.0 Å². The summed E-state index contributed by atoms with van der Waals surface area (Å²) in [6, 6.07) is 12.8. The first kappa shape index (κ1) is 15.6. The molecule has 0 radical (unpaired) electrons. The van der Waals surface area contributed by atoms with Crippen molar-refractivity contribution in [3.8, 4) is 0 Å². The van der Waals surface area contributed by atoms with Gasteiger partial charge in [0.05, 0.1) is 10.6 Å². The van der Waals surface area contributed by atoms with Crippen LogP contribution < -0.4 is 4.72 Å². The van der Waals surface area contributed by atoms with E-state index in [9.17, 15) is 8.42 Å². The number of nitrogens with one attached hydrogen (secondary N) is 1. The molecule has 1 N–H and O–H groups in total. The minimum Gasteiger partial charge on any atom is -0.279 e. The Morgan fingerprint density at radius 2 is 1.43 bits per heavy atom. The molecule has 0 aliphatic carbocycles. The Hall–Kier alpha value is -1.81. The Morgan fingerprint density at radius 1 is 0.905 bits per heavy atom. The minimum absolute atomic E-state index is 0.287. The summed E-state index contributed by atoms with van der Waals surface area (Å²) in [7, 11) is -3.55. The van der Waals surface area contributed by atoms with Crippen molar-refractivity contribution in [1.82, 2.24) is 0 Å². The predicted octanol–water partition coefficient (Wildman–Crippen LogP) is 4.23. The Labute approximate surface area is 127 Å². The molecule has 0 saturated heterocycles. The molecule has 0 fully saturated rings. The van der Waals surface area contributed by atoms with Crippen LogP contribution in [0.1, 0.15) is 36.5 Å². The third-order valence-corrected chi connectivity index (χ3v) is 4.94. The number of rotatable bonds is 4. The van der Waals surface area contributed by atoms with E-state index in [1.165, 1.54) is 0 Å². The molecule has 0 saturated carbocycles. The summed E-state index contributed by atoms with van der Waals surface area (Å²) in [6.07, 6.45) is 0. The van der Waals surface area contributed by atoms with Gasteiger partial charge in [0.1, 0.15) is 0 Å². The minimum atomic E-state index is -3.55. The van der Waals surface area contributed by atoms with Crippen LogP contribution >= 0.6 is 0 Å². The lowest BCUT2D eigenvalue weighted by molar-refractivity contribution is 0.601. The molecular formula is C17H21NO2S. The van der Waals surface area contributed by atoms with Crippen molar-refractivity contribution in [3.05, 3.63) is 59.2 Å². The molecule has 3 nitrogen and oxygen atoms in total. The summed E-state index contributed by atoms with van der Waals surface area (Å²) in [5.41, 5.74) is 3.61. The standard InChI is InChI=1S/C17H21NO2S/c1-12(2)15-8-10-16(11-9-15)21(19,20)18-17-13(3)6-5-7-14(17)4/h5-12,18H,1-4H3. The maximum atomic E-state index is 12.5. The van der Waals surface area contributed by atoms with Crippen molar-refractivity contribution in [2.24, 2.45) is 0 Å². The van der Waals surface area contributed by atoms with Crippen LogP contribution in [0, 0.1) is 13.8 Å². The van der Waals surface area contributed by atoms with Gasteiger partial charge in [0.15, 0.2) is 0 Å². The van der Waals surface area contributed by atoms with Gasteiger partial charge in [0.2, 0.25) is 0 Å². The van der Waals surface area contributed by atoms with Crippen LogP contribution in [0.15, 0.2) is 47.4 Å². The van der Waals surface area contributed by atoms with Crippen LogP contribution in [0.4, 0.5) is 5.69 Å². The zero-order valence-electron chi connectivity index (χ0n) is 12.8. The third kappa shape index (κ3) is 3.45. The SMILES string of the molecule is Cc1cccc(C)c1NS(=O)(=O)c1ccc(C(C)C)cc1. The number of aryl methyl sites for hydroxylation is 2. The van der Waals surface area contributed by atoms with Crippen LogP contribution in [0.2, 0.25) is 0 Å². The smallest absolute Gasteiger partial charge is 0.261 e. The summed E-state index contributed by atoms with van der Waals surface area (Å²) < 4.78 is 27.6. The second kappa shape index (κ2) is 5.90. The lowest BCUT2D eigenvalue weighted by Crippen LogP contribution is -2.14. The van der Waals surface area contributed by atoms with Crippen LogP contribution in [0.5, 0.6) is 0 Å². The number of hydrogen-bond donors (Lipinski definition) is 1. The Bertz CT molecular complexity index is 712. The van der Waals surface area contributed by atoms with Crippen molar-refractivity contribution in [2.45, 2.75) is 38.5 Å². The van der Waals surface area contributed by atoms with E-state index in [2.05, 4.69) is 18.6 Å². The number of para-hydroxylation sites is 1. The molecule has 112 valence electrons. The molecule has 2 aromatic rings. The highest BCUT2D eigenvalue weighted by atomic mass is 32.2. The molecule has 0 bridgehead atoms. The summed E-state index contributed by atoms with van der Waals surface area (Å²) in [6.45, 7) is 7.95. The highest BCUT2D eigenvalue weighted by Gasteiger charge is 2.16. The number of hydrogen-bond acceptors (Lipinski definition) is 2. The zero-order valence-corrected chi connectivity index (χ0v) is 13.7. The van der Waals surface area contributed by atoms with Crippen LogP contribution in [-0.4, -0.2) is 8.42 Å².